The van der Waals surface area contributed by atoms with Gasteiger partial charge in [0.1, 0.15) is 11.5 Å². The van der Waals surface area contributed by atoms with Crippen molar-refractivity contribution in [1.82, 2.24) is 0 Å². The number of ether oxygens (including phenoxy) is 2. The van der Waals surface area contributed by atoms with Crippen molar-refractivity contribution in [3.63, 3.8) is 0 Å². The molecule has 0 radical (unpaired) electrons. The summed E-state index contributed by atoms with van der Waals surface area (Å²) >= 11 is 0. The second kappa shape index (κ2) is 8.71. The predicted molar refractivity (Wildman–Crippen MR) is 103 cm³/mol. The summed E-state index contributed by atoms with van der Waals surface area (Å²) in [6.07, 6.45) is 3.12. The maximum absolute atomic E-state index is 12.2. The molecule has 0 aliphatic carbocycles. The highest BCUT2D eigenvalue weighted by Crippen LogP contribution is 2.28. The molecular weight excluding hydrogens is 332 g/mol. The minimum absolute atomic E-state index is 0.224. The van der Waals surface area contributed by atoms with E-state index in [1.165, 1.54) is 20.1 Å². The summed E-state index contributed by atoms with van der Waals surface area (Å²) in [7, 11) is 3.10. The number of carbonyl (C=O) groups is 2. The molecule has 2 rings (SSSR count). The predicted octanol–water partition coefficient (Wildman–Crippen LogP) is 3.62. The molecule has 0 saturated carbocycles. The van der Waals surface area contributed by atoms with Gasteiger partial charge in [-0.2, -0.15) is 0 Å². The molecule has 0 atom stereocenters. The number of benzene rings is 2. The van der Waals surface area contributed by atoms with Crippen LogP contribution in [0.15, 0.2) is 42.5 Å². The molecule has 0 heterocycles. The second-order valence-corrected chi connectivity index (χ2v) is 5.66. The Kier molecular flexibility index (Phi) is 6.38. The van der Waals surface area contributed by atoms with Crippen LogP contribution in [0.3, 0.4) is 0 Å². The Labute approximate surface area is 152 Å². The molecule has 6 heteroatoms. The first-order valence-electron chi connectivity index (χ1n) is 8.02. The summed E-state index contributed by atoms with van der Waals surface area (Å²) in [6, 6.07) is 10.7. The molecule has 2 aromatic carbocycles. The summed E-state index contributed by atoms with van der Waals surface area (Å²) in [6.45, 7) is 3.38. The van der Waals surface area contributed by atoms with E-state index in [-0.39, 0.29) is 11.8 Å². The van der Waals surface area contributed by atoms with E-state index in [2.05, 4.69) is 10.6 Å². The van der Waals surface area contributed by atoms with Crippen molar-refractivity contribution in [3.8, 4) is 11.5 Å². The van der Waals surface area contributed by atoms with Crippen LogP contribution in [0.25, 0.3) is 6.08 Å². The van der Waals surface area contributed by atoms with E-state index in [4.69, 9.17) is 9.47 Å². The van der Waals surface area contributed by atoms with Gasteiger partial charge < -0.3 is 20.1 Å². The maximum atomic E-state index is 12.2. The Hall–Kier alpha value is -3.28. The normalized spacial score (nSPS) is 10.5. The zero-order chi connectivity index (χ0) is 19.1. The van der Waals surface area contributed by atoms with Crippen LogP contribution in [0, 0.1) is 6.92 Å². The zero-order valence-electron chi connectivity index (χ0n) is 15.3. The van der Waals surface area contributed by atoms with Gasteiger partial charge in [0.15, 0.2) is 0 Å². The van der Waals surface area contributed by atoms with E-state index < -0.39 is 0 Å². The quantitative estimate of drug-likeness (QED) is 0.777. The number of hydrogen-bond acceptors (Lipinski definition) is 4. The molecule has 0 unspecified atom stereocenters. The first-order chi connectivity index (χ1) is 12.4. The van der Waals surface area contributed by atoms with Crippen molar-refractivity contribution in [2.45, 2.75) is 13.8 Å². The average molecular weight is 354 g/mol. The fourth-order valence-electron chi connectivity index (χ4n) is 2.41. The molecule has 0 saturated heterocycles. The minimum Gasteiger partial charge on any atom is -0.496 e. The Morgan fingerprint density at radius 3 is 2.31 bits per heavy atom. The topological polar surface area (TPSA) is 76.7 Å². The molecular formula is C20H22N2O4. The number of anilines is 2. The van der Waals surface area contributed by atoms with Crippen molar-refractivity contribution < 1.29 is 19.1 Å². The smallest absolute Gasteiger partial charge is 0.248 e. The van der Waals surface area contributed by atoms with Crippen molar-refractivity contribution in [3.05, 3.63) is 53.6 Å². The highest BCUT2D eigenvalue weighted by Gasteiger charge is 2.07. The van der Waals surface area contributed by atoms with Crippen LogP contribution in [0.1, 0.15) is 18.1 Å². The number of amides is 2. The van der Waals surface area contributed by atoms with E-state index in [0.717, 1.165) is 11.1 Å². The SMILES string of the molecule is COc1ccc(C)cc1/C=C/C(=O)Nc1ccc(OC)c(NC(C)=O)c1. The van der Waals surface area contributed by atoms with Gasteiger partial charge in [-0.15, -0.1) is 0 Å². The summed E-state index contributed by atoms with van der Waals surface area (Å²) in [5.41, 5.74) is 2.92. The van der Waals surface area contributed by atoms with Gasteiger partial charge in [-0.25, -0.2) is 0 Å². The number of methoxy groups -OCH3 is 2. The Balaban J connectivity index is 2.15. The van der Waals surface area contributed by atoms with Crippen LogP contribution in [0.5, 0.6) is 11.5 Å². The van der Waals surface area contributed by atoms with Gasteiger partial charge in [0, 0.05) is 24.3 Å². The Bertz CT molecular complexity index is 844. The first-order valence-corrected chi connectivity index (χ1v) is 8.02. The molecule has 2 N–H and O–H groups in total. The summed E-state index contributed by atoms with van der Waals surface area (Å²) < 4.78 is 10.5. The summed E-state index contributed by atoms with van der Waals surface area (Å²) in [5.74, 6) is 0.681. The van der Waals surface area contributed by atoms with Crippen LogP contribution in [-0.2, 0) is 9.59 Å². The lowest BCUT2D eigenvalue weighted by atomic mass is 10.1. The zero-order valence-corrected chi connectivity index (χ0v) is 15.3. The van der Waals surface area contributed by atoms with Crippen LogP contribution in [-0.4, -0.2) is 26.0 Å². The molecule has 136 valence electrons. The Morgan fingerprint density at radius 1 is 0.962 bits per heavy atom. The summed E-state index contributed by atoms with van der Waals surface area (Å²) in [5, 5.41) is 5.42. The molecule has 2 aromatic rings. The maximum Gasteiger partial charge on any atom is 0.248 e. The van der Waals surface area contributed by atoms with E-state index in [1.54, 1.807) is 31.4 Å². The lowest BCUT2D eigenvalue weighted by molar-refractivity contribution is -0.114. The van der Waals surface area contributed by atoms with Crippen LogP contribution in [0.2, 0.25) is 0 Å². The van der Waals surface area contributed by atoms with Gasteiger partial charge in [-0.05, 0) is 43.3 Å². The third kappa shape index (κ3) is 5.11. The lowest BCUT2D eigenvalue weighted by Gasteiger charge is -2.11. The fraction of sp³-hybridized carbons (Fsp3) is 0.200. The highest BCUT2D eigenvalue weighted by atomic mass is 16.5. The summed E-state index contributed by atoms with van der Waals surface area (Å²) in [4.78, 5) is 23.5. The van der Waals surface area contributed by atoms with Gasteiger partial charge >= 0.3 is 0 Å². The highest BCUT2D eigenvalue weighted by molar-refractivity contribution is 6.03. The third-order valence-corrected chi connectivity index (χ3v) is 3.58. The number of nitrogens with one attached hydrogen (secondary N) is 2. The largest absolute Gasteiger partial charge is 0.496 e. The number of hydrogen-bond donors (Lipinski definition) is 2. The van der Waals surface area contributed by atoms with E-state index >= 15 is 0 Å². The van der Waals surface area contributed by atoms with E-state index in [0.29, 0.717) is 22.9 Å². The molecule has 26 heavy (non-hydrogen) atoms. The fourth-order valence-corrected chi connectivity index (χ4v) is 2.41. The van der Waals surface area contributed by atoms with Gasteiger partial charge in [0.2, 0.25) is 11.8 Å². The standard InChI is InChI=1S/C20H22N2O4/c1-13-5-8-18(25-3)15(11-13)6-10-20(24)22-16-7-9-19(26-4)17(12-16)21-14(2)23/h5-12H,1-4H3,(H,21,23)(H,22,24)/b10-6+. The van der Waals surface area contributed by atoms with Crippen LogP contribution < -0.4 is 20.1 Å². The molecule has 0 bridgehead atoms. The average Bonchev–Trinajstić information content (AvgIpc) is 2.60. The third-order valence-electron chi connectivity index (χ3n) is 3.58. The van der Waals surface area contributed by atoms with E-state index in [9.17, 15) is 9.59 Å². The molecule has 2 amide bonds. The monoisotopic (exact) mass is 354 g/mol. The second-order valence-electron chi connectivity index (χ2n) is 5.66. The number of rotatable bonds is 6. The molecule has 0 aliphatic heterocycles. The van der Waals surface area contributed by atoms with Crippen molar-refractivity contribution in [2.75, 3.05) is 24.9 Å². The molecule has 0 fully saturated rings. The number of carbonyl (C=O) groups excluding carboxylic acids is 2. The lowest BCUT2D eigenvalue weighted by Crippen LogP contribution is -2.10. The van der Waals surface area contributed by atoms with Gasteiger partial charge in [-0.3, -0.25) is 9.59 Å². The molecule has 0 aliphatic rings. The van der Waals surface area contributed by atoms with Crippen molar-refractivity contribution >= 4 is 29.3 Å². The van der Waals surface area contributed by atoms with Crippen molar-refractivity contribution in [1.29, 1.82) is 0 Å². The molecule has 0 spiro atoms. The van der Waals surface area contributed by atoms with Crippen LogP contribution >= 0.6 is 0 Å². The number of aryl methyl sites for hydroxylation is 1. The molecule has 6 nitrogen and oxygen atoms in total. The van der Waals surface area contributed by atoms with Gasteiger partial charge in [-0.1, -0.05) is 11.6 Å². The van der Waals surface area contributed by atoms with E-state index in [1.807, 2.05) is 25.1 Å². The first kappa shape index (κ1) is 19.1. The van der Waals surface area contributed by atoms with Gasteiger partial charge in [0.25, 0.3) is 0 Å². The van der Waals surface area contributed by atoms with Crippen LogP contribution in [0.4, 0.5) is 11.4 Å². The van der Waals surface area contributed by atoms with Gasteiger partial charge in [0.05, 0.1) is 19.9 Å². The Morgan fingerprint density at radius 2 is 1.65 bits per heavy atom. The minimum atomic E-state index is -0.299. The van der Waals surface area contributed by atoms with Crippen molar-refractivity contribution in [2.24, 2.45) is 0 Å². The molecule has 0 aromatic heterocycles.